The molecule has 0 spiro atoms. The van der Waals surface area contributed by atoms with Crippen LogP contribution in [0.3, 0.4) is 0 Å². The number of carbonyl (C=O) groups excluding carboxylic acids is 1. The number of aliphatic imine (C=N–C) groups is 3. The minimum absolute atomic E-state index is 0.00438. The number of carboxylic acid groups (broad SMARTS) is 2. The fraction of sp³-hybridized carbons (Fsp3) is 0.188. The number of hydrogen-bond acceptors (Lipinski definition) is 20. The molecular formula is C48H41Br3N20O8. The van der Waals surface area contributed by atoms with Crippen molar-refractivity contribution < 1.29 is 29.3 Å². The van der Waals surface area contributed by atoms with E-state index in [4.69, 9.17) is 4.74 Å². The summed E-state index contributed by atoms with van der Waals surface area (Å²) < 4.78 is 6.57. The zero-order valence-electron chi connectivity index (χ0n) is 41.6. The number of hydrogen-bond donors (Lipinski definition) is 10. The van der Waals surface area contributed by atoms with Crippen LogP contribution in [-0.4, -0.2) is 158 Å². The Morgan fingerprint density at radius 3 is 1.46 bits per heavy atom. The summed E-state index contributed by atoms with van der Waals surface area (Å²) >= 11 is 10.1. The van der Waals surface area contributed by atoms with Crippen LogP contribution in [0, 0.1) is 0 Å². The molecule has 9 aromatic heterocycles. The van der Waals surface area contributed by atoms with Crippen molar-refractivity contribution in [1.82, 2.24) is 69.6 Å². The summed E-state index contributed by atoms with van der Waals surface area (Å²) in [6.45, 7) is 2.77. The van der Waals surface area contributed by atoms with Crippen LogP contribution in [0.4, 0.5) is 34.5 Å². The highest BCUT2D eigenvalue weighted by atomic mass is 79.9. The number of carboxylic acids is 2. The molecule has 402 valence electrons. The topological polar surface area (TPSA) is 384 Å². The molecule has 9 aromatic rings. The van der Waals surface area contributed by atoms with Crippen molar-refractivity contribution in [2.75, 3.05) is 57.3 Å². The molecule has 0 atom stereocenters. The van der Waals surface area contributed by atoms with E-state index in [1.807, 2.05) is 25.1 Å². The van der Waals surface area contributed by atoms with Crippen molar-refractivity contribution in [1.29, 1.82) is 0 Å². The van der Waals surface area contributed by atoms with Crippen molar-refractivity contribution in [3.05, 3.63) is 122 Å². The molecule has 31 heteroatoms. The van der Waals surface area contributed by atoms with E-state index in [9.17, 15) is 34.2 Å². The van der Waals surface area contributed by atoms with E-state index in [1.54, 1.807) is 42.7 Å². The second kappa shape index (κ2) is 22.1. The first-order valence-corrected chi connectivity index (χ1v) is 25.7. The van der Waals surface area contributed by atoms with Gasteiger partial charge in [0.2, 0.25) is 5.88 Å². The van der Waals surface area contributed by atoms with Crippen LogP contribution in [0.5, 0.6) is 5.88 Å². The van der Waals surface area contributed by atoms with Crippen molar-refractivity contribution >= 4 is 152 Å². The van der Waals surface area contributed by atoms with Crippen LogP contribution >= 0.6 is 47.8 Å². The molecule has 0 unspecified atom stereocenters. The fourth-order valence-electron chi connectivity index (χ4n) is 8.29. The molecule has 1 amide bonds. The van der Waals surface area contributed by atoms with E-state index < -0.39 is 11.9 Å². The molecule has 3 aliphatic heterocycles. The Morgan fingerprint density at radius 1 is 0.582 bits per heavy atom. The van der Waals surface area contributed by atoms with Gasteiger partial charge < -0.3 is 65.6 Å². The Hall–Kier alpha value is -9.07. The summed E-state index contributed by atoms with van der Waals surface area (Å²) in [6, 6.07) is 5.28. The molecule has 0 radical (unpaired) electrons. The molecule has 0 fully saturated rings. The van der Waals surface area contributed by atoms with Crippen molar-refractivity contribution in [3.8, 4) is 5.88 Å². The van der Waals surface area contributed by atoms with Crippen molar-refractivity contribution in [2.45, 2.75) is 19.6 Å². The number of halogens is 3. The van der Waals surface area contributed by atoms with Gasteiger partial charge in [0.1, 0.15) is 87.5 Å². The largest absolute Gasteiger partial charge is 0.480 e. The third-order valence-electron chi connectivity index (χ3n) is 12.3. The summed E-state index contributed by atoms with van der Waals surface area (Å²) in [4.78, 5) is 120. The number of nitrogens with zero attached hydrogens (tertiary/aromatic N) is 12. The summed E-state index contributed by atoms with van der Waals surface area (Å²) in [5.41, 5.74) is 7.18. The van der Waals surface area contributed by atoms with Gasteiger partial charge in [0.05, 0.1) is 62.0 Å². The summed E-state index contributed by atoms with van der Waals surface area (Å²) in [7, 11) is 7.19. The first-order chi connectivity index (χ1) is 38.0. The maximum atomic E-state index is 12.9. The van der Waals surface area contributed by atoms with E-state index in [-0.39, 0.29) is 34.1 Å². The Morgan fingerprint density at radius 2 is 1.00 bits per heavy atom. The zero-order chi connectivity index (χ0) is 55.8. The first-order valence-electron chi connectivity index (χ1n) is 23.3. The number of methoxy groups -OCH3 is 1. The lowest BCUT2D eigenvalue weighted by molar-refractivity contribution is 0.0680. The third kappa shape index (κ3) is 10.7. The number of aromatic carboxylic acids is 2. The molecule has 3 aliphatic rings. The fourth-order valence-corrected chi connectivity index (χ4v) is 10.2. The van der Waals surface area contributed by atoms with Gasteiger partial charge in [-0.25, -0.2) is 44.5 Å². The summed E-state index contributed by atoms with van der Waals surface area (Å²) in [6.07, 6.45) is 9.15. The average molecular weight is 1270 g/mol. The molecule has 0 saturated heterocycles. The molecular weight excluding hydrogens is 1220 g/mol. The normalized spacial score (nSPS) is 12.5. The van der Waals surface area contributed by atoms with Gasteiger partial charge in [-0.05, 0) is 80.1 Å². The Labute approximate surface area is 468 Å². The highest BCUT2D eigenvalue weighted by molar-refractivity contribution is 9.11. The van der Waals surface area contributed by atoms with Crippen LogP contribution in [0.15, 0.2) is 75.2 Å². The van der Waals surface area contributed by atoms with Crippen molar-refractivity contribution in [3.63, 3.8) is 0 Å². The smallest absolute Gasteiger partial charge is 0.353 e. The average Bonchev–Trinajstić information content (AvgIpc) is 4.51. The monoisotopic (exact) mass is 1260 g/mol. The molecule has 0 bridgehead atoms. The standard InChI is InChI=1S/C19H21BrN8O2.C15H11BrN6O3.C14H9BrN6O3/c1-27(2)4-5-28(3)19(30)15-14(20)13-16(22-9-23-17(13)26-15)24-11-6-10-7-21-8-12(10)25-18(11)29;1-25-14-7(2-6-3-17-4-8(6)21-14)20-12-9-10(16)11(15(23)24)22-13(9)19-5-18-12;15-9-8-11(17-4-18-12(8)21-10(9)14(23)24)19-6-1-5-2-16-3-7(5)20-13(6)22/h6-7,9H,4-5,8H2,1-3H3,(H,25,29)(H2,22,23,24,26);2-3,5H,4H2,1H3,(H,23,24)(H2,18,19,20,22);1-2,4H,3H2,(H,20,22)(H,23,24)(H2,17,18,19,21). The molecule has 0 aromatic carbocycles. The van der Waals surface area contributed by atoms with E-state index >= 15 is 0 Å². The molecule has 28 nitrogen and oxygen atoms in total. The summed E-state index contributed by atoms with van der Waals surface area (Å²) in [5.74, 6) is -0.827. The van der Waals surface area contributed by atoms with Gasteiger partial charge >= 0.3 is 11.9 Å². The predicted molar refractivity (Wildman–Crippen MR) is 303 cm³/mol. The van der Waals surface area contributed by atoms with Gasteiger partial charge in [0, 0.05) is 66.9 Å². The van der Waals surface area contributed by atoms with Crippen molar-refractivity contribution in [2.24, 2.45) is 15.0 Å². The lowest BCUT2D eigenvalue weighted by Gasteiger charge is -2.19. The van der Waals surface area contributed by atoms with Crippen LogP contribution in [0.25, 0.3) is 33.1 Å². The number of nitrogens with one attached hydrogen (secondary N) is 8. The number of likely N-dealkylation sites (N-methyl/N-ethyl adjacent to an activating group) is 2. The molecule has 12 heterocycles. The minimum atomic E-state index is -1.13. The SMILES string of the molecule is CN(C)CCN(C)C(=O)c1[nH]c2ncnc(Nc3cc4c([nH]c3=O)CN=C4)c2c1Br.COc1nc2c(cc1Nc1ncnc3[nH]c(C(=O)O)c(Br)c13)C=NC2.O=C(O)c1[nH]c2ncnc(Nc3cc4c([nH]c3=O)CN=C4)c2c1Br. The number of amides is 1. The Kier molecular flexibility index (Phi) is 14.9. The lowest BCUT2D eigenvalue weighted by atomic mass is 10.2. The maximum Gasteiger partial charge on any atom is 0.353 e. The minimum Gasteiger partial charge on any atom is -0.480 e. The number of ether oxygens (including phenoxy) is 1. The second-order valence-electron chi connectivity index (χ2n) is 17.7. The maximum absolute atomic E-state index is 12.9. The quantitative estimate of drug-likeness (QED) is 0.0632. The number of fused-ring (bicyclic) bond motifs is 6. The van der Waals surface area contributed by atoms with Crippen LogP contribution in [0.2, 0.25) is 0 Å². The van der Waals surface area contributed by atoms with Gasteiger partial charge in [0.25, 0.3) is 17.0 Å². The second-order valence-corrected chi connectivity index (χ2v) is 20.1. The third-order valence-corrected chi connectivity index (χ3v) is 14.6. The van der Waals surface area contributed by atoms with Gasteiger partial charge in [-0.2, -0.15) is 0 Å². The number of rotatable bonds is 13. The number of aromatic amines is 5. The van der Waals surface area contributed by atoms with Gasteiger partial charge in [-0.3, -0.25) is 29.4 Å². The van der Waals surface area contributed by atoms with Gasteiger partial charge in [0.15, 0.2) is 0 Å². The van der Waals surface area contributed by atoms with Gasteiger partial charge in [-0.15, -0.1) is 0 Å². The van der Waals surface area contributed by atoms with Crippen LogP contribution in [-0.2, 0) is 19.6 Å². The van der Waals surface area contributed by atoms with E-state index in [1.165, 1.54) is 26.1 Å². The van der Waals surface area contributed by atoms with E-state index in [0.717, 1.165) is 40.3 Å². The zero-order valence-corrected chi connectivity index (χ0v) is 46.3. The molecule has 12 rings (SSSR count). The number of aromatic nitrogens is 12. The van der Waals surface area contributed by atoms with E-state index in [2.05, 4.69) is 139 Å². The number of carbonyl (C=O) groups is 3. The predicted octanol–water partition coefficient (Wildman–Crippen LogP) is 6.00. The number of anilines is 6. The number of H-pyrrole nitrogens is 5. The highest BCUT2D eigenvalue weighted by Gasteiger charge is 2.25. The number of pyridine rings is 3. The summed E-state index contributed by atoms with van der Waals surface area (Å²) in [5, 5.41) is 29.2. The highest BCUT2D eigenvalue weighted by Crippen LogP contribution is 2.37. The molecule has 10 N–H and O–H groups in total. The van der Waals surface area contributed by atoms with Crippen LogP contribution in [0.1, 0.15) is 65.2 Å². The lowest BCUT2D eigenvalue weighted by Crippen LogP contribution is -2.33. The first kappa shape index (κ1) is 53.3. The Bertz CT molecular complexity index is 4180. The van der Waals surface area contributed by atoms with Gasteiger partial charge in [-0.1, -0.05) is 0 Å². The van der Waals surface area contributed by atoms with E-state index in [0.29, 0.717) is 113 Å². The molecule has 0 saturated carbocycles. The Balaban J connectivity index is 0.000000135. The molecule has 0 aliphatic carbocycles. The van der Waals surface area contributed by atoms with Crippen LogP contribution < -0.4 is 31.8 Å². The molecule has 79 heavy (non-hydrogen) atoms.